The fraction of sp³-hybridized carbons (Fsp3) is 0.111. The molecule has 0 fully saturated rings. The van der Waals surface area contributed by atoms with Crippen LogP contribution in [0.15, 0.2) is 72.2 Å². The number of thiazole rings is 1. The molecule has 5 rings (SSSR count). The molecule has 0 bridgehead atoms. The van der Waals surface area contributed by atoms with Gasteiger partial charge < -0.3 is 14.9 Å². The highest BCUT2D eigenvalue weighted by Gasteiger charge is 2.25. The average molecular weight is 454 g/mol. The predicted octanol–water partition coefficient (Wildman–Crippen LogP) is 6.17. The zero-order valence-corrected chi connectivity index (χ0v) is 19.4. The molecule has 3 aromatic heterocycles. The Morgan fingerprint density at radius 2 is 1.82 bits per heavy atom. The number of hydrogen-bond donors (Lipinski definition) is 1. The first-order chi connectivity index (χ1) is 16.0. The van der Waals surface area contributed by atoms with Crippen molar-refractivity contribution in [1.29, 1.82) is 0 Å². The largest absolute Gasteiger partial charge is 0.497 e. The van der Waals surface area contributed by atoms with Crippen LogP contribution in [0.3, 0.4) is 0 Å². The Balaban J connectivity index is 1.63. The van der Waals surface area contributed by atoms with Gasteiger partial charge in [-0.15, -0.1) is 11.3 Å². The van der Waals surface area contributed by atoms with E-state index in [4.69, 9.17) is 15.5 Å². The topological polar surface area (TPSA) is 69.6 Å². The van der Waals surface area contributed by atoms with Crippen molar-refractivity contribution in [2.75, 3.05) is 12.8 Å². The average Bonchev–Trinajstić information content (AvgIpc) is 3.42. The van der Waals surface area contributed by atoms with Gasteiger partial charge in [-0.05, 0) is 67.4 Å². The summed E-state index contributed by atoms with van der Waals surface area (Å²) in [5.41, 5.74) is 13.9. The Labute approximate surface area is 196 Å². The van der Waals surface area contributed by atoms with Crippen molar-refractivity contribution in [2.24, 2.45) is 0 Å². The van der Waals surface area contributed by atoms with Crippen LogP contribution in [0.5, 0.6) is 5.75 Å². The van der Waals surface area contributed by atoms with E-state index in [0.717, 1.165) is 44.2 Å². The van der Waals surface area contributed by atoms with Crippen LogP contribution in [-0.4, -0.2) is 22.3 Å². The number of carbonyl (C=O) groups is 1. The van der Waals surface area contributed by atoms with Gasteiger partial charge in [-0.3, -0.25) is 4.79 Å². The standard InChI is InChI=1S/C27H23N3O2S/c1-16-7-8-19(14-17(16)2)26(31)25-24(28)23(22-6-4-5-13-30(22)25)27-29-21(15-33-27)18-9-11-20(32-3)12-10-18/h4-15H,28H2,1-3H3. The number of aromatic nitrogens is 2. The number of ether oxygens (including phenoxy) is 1. The van der Waals surface area contributed by atoms with Crippen molar-refractivity contribution in [3.8, 4) is 27.6 Å². The van der Waals surface area contributed by atoms with Crippen molar-refractivity contribution in [1.82, 2.24) is 9.38 Å². The van der Waals surface area contributed by atoms with E-state index >= 15 is 0 Å². The van der Waals surface area contributed by atoms with Crippen LogP contribution in [-0.2, 0) is 0 Å². The fourth-order valence-electron chi connectivity index (χ4n) is 3.99. The summed E-state index contributed by atoms with van der Waals surface area (Å²) in [5.74, 6) is 0.696. The van der Waals surface area contributed by atoms with Gasteiger partial charge in [-0.25, -0.2) is 4.98 Å². The molecule has 164 valence electrons. The first-order valence-corrected chi connectivity index (χ1v) is 11.5. The molecular weight excluding hydrogens is 430 g/mol. The minimum atomic E-state index is -0.102. The zero-order chi connectivity index (χ0) is 23.1. The van der Waals surface area contributed by atoms with Gasteiger partial charge in [0.1, 0.15) is 16.5 Å². The molecule has 0 saturated carbocycles. The molecule has 5 aromatic rings. The summed E-state index contributed by atoms with van der Waals surface area (Å²) in [5, 5.41) is 2.79. The van der Waals surface area contributed by atoms with Gasteiger partial charge in [0.25, 0.3) is 0 Å². The van der Waals surface area contributed by atoms with E-state index in [-0.39, 0.29) is 5.78 Å². The lowest BCUT2D eigenvalue weighted by Crippen LogP contribution is -2.08. The summed E-state index contributed by atoms with van der Waals surface area (Å²) < 4.78 is 7.12. The number of rotatable bonds is 5. The van der Waals surface area contributed by atoms with E-state index in [9.17, 15) is 4.79 Å². The SMILES string of the molecule is COc1ccc(-c2csc(-c3c(N)c(C(=O)c4ccc(C)c(C)c4)n4ccccc34)n2)cc1. The number of aryl methyl sites for hydroxylation is 2. The number of nitrogen functional groups attached to an aromatic ring is 1. The predicted molar refractivity (Wildman–Crippen MR) is 134 cm³/mol. The maximum atomic E-state index is 13.5. The maximum Gasteiger partial charge on any atom is 0.211 e. The van der Waals surface area contributed by atoms with E-state index in [1.54, 1.807) is 7.11 Å². The number of methoxy groups -OCH3 is 1. The molecule has 0 aliphatic rings. The number of fused-ring (bicyclic) bond motifs is 1. The van der Waals surface area contributed by atoms with E-state index in [2.05, 4.69) is 0 Å². The van der Waals surface area contributed by atoms with Crippen LogP contribution in [0.4, 0.5) is 5.69 Å². The molecule has 0 radical (unpaired) electrons. The number of anilines is 1. The Hall–Kier alpha value is -3.90. The second kappa shape index (κ2) is 8.22. The van der Waals surface area contributed by atoms with Gasteiger partial charge in [0.15, 0.2) is 0 Å². The van der Waals surface area contributed by atoms with E-state index < -0.39 is 0 Å². The molecule has 0 saturated heterocycles. The molecule has 0 aliphatic heterocycles. The highest BCUT2D eigenvalue weighted by atomic mass is 32.1. The Kier molecular flexibility index (Phi) is 5.23. The van der Waals surface area contributed by atoms with E-state index in [1.165, 1.54) is 11.3 Å². The lowest BCUT2D eigenvalue weighted by Gasteiger charge is -2.06. The number of hydrogen-bond acceptors (Lipinski definition) is 5. The molecule has 0 spiro atoms. The van der Waals surface area contributed by atoms with Gasteiger partial charge in [0, 0.05) is 22.7 Å². The van der Waals surface area contributed by atoms with Gasteiger partial charge in [-0.1, -0.05) is 18.2 Å². The molecular formula is C27H23N3O2S. The van der Waals surface area contributed by atoms with Crippen molar-refractivity contribution < 1.29 is 9.53 Å². The summed E-state index contributed by atoms with van der Waals surface area (Å²) in [6.45, 7) is 4.04. The third-order valence-electron chi connectivity index (χ3n) is 5.97. The van der Waals surface area contributed by atoms with E-state index in [0.29, 0.717) is 16.9 Å². The normalized spacial score (nSPS) is 11.1. The van der Waals surface area contributed by atoms with Crippen LogP contribution in [0.25, 0.3) is 27.3 Å². The summed E-state index contributed by atoms with van der Waals surface area (Å²) in [7, 11) is 1.65. The van der Waals surface area contributed by atoms with Crippen LogP contribution in [0.1, 0.15) is 27.2 Å². The molecule has 2 aromatic carbocycles. The summed E-state index contributed by atoms with van der Waals surface area (Å²) >= 11 is 1.51. The molecule has 0 atom stereocenters. The highest BCUT2D eigenvalue weighted by Crippen LogP contribution is 2.39. The Morgan fingerprint density at radius 3 is 2.55 bits per heavy atom. The van der Waals surface area contributed by atoms with Gasteiger partial charge in [-0.2, -0.15) is 0 Å². The lowest BCUT2D eigenvalue weighted by molar-refractivity contribution is 0.103. The quantitative estimate of drug-likeness (QED) is 0.323. The molecule has 33 heavy (non-hydrogen) atoms. The van der Waals surface area contributed by atoms with Crippen molar-refractivity contribution in [2.45, 2.75) is 13.8 Å². The Morgan fingerprint density at radius 1 is 1.03 bits per heavy atom. The van der Waals surface area contributed by atoms with Gasteiger partial charge in [0.05, 0.1) is 29.6 Å². The van der Waals surface area contributed by atoms with Crippen LogP contribution >= 0.6 is 11.3 Å². The second-order valence-corrected chi connectivity index (χ2v) is 8.85. The number of ketones is 1. The summed E-state index contributed by atoms with van der Waals surface area (Å²) in [6.07, 6.45) is 1.88. The minimum absolute atomic E-state index is 0.102. The molecule has 0 unspecified atom stereocenters. The van der Waals surface area contributed by atoms with Crippen LogP contribution in [0.2, 0.25) is 0 Å². The first-order valence-electron chi connectivity index (χ1n) is 10.6. The summed E-state index contributed by atoms with van der Waals surface area (Å²) in [4.78, 5) is 18.4. The molecule has 0 aliphatic carbocycles. The van der Waals surface area contributed by atoms with Gasteiger partial charge >= 0.3 is 0 Å². The van der Waals surface area contributed by atoms with Crippen molar-refractivity contribution in [3.05, 3.63) is 94.6 Å². The maximum absolute atomic E-state index is 13.5. The van der Waals surface area contributed by atoms with Crippen molar-refractivity contribution >= 4 is 28.3 Å². The fourth-order valence-corrected chi connectivity index (χ4v) is 4.88. The highest BCUT2D eigenvalue weighted by molar-refractivity contribution is 7.13. The molecule has 2 N–H and O–H groups in total. The number of nitrogens with zero attached hydrogens (tertiary/aromatic N) is 2. The first kappa shape index (κ1) is 21.0. The Bertz CT molecular complexity index is 1500. The third-order valence-corrected chi connectivity index (χ3v) is 6.83. The van der Waals surface area contributed by atoms with Crippen molar-refractivity contribution in [3.63, 3.8) is 0 Å². The van der Waals surface area contributed by atoms with Gasteiger partial charge in [0.2, 0.25) is 5.78 Å². The number of benzene rings is 2. The number of pyridine rings is 1. The molecule has 3 heterocycles. The van der Waals surface area contributed by atoms with Crippen LogP contribution in [0, 0.1) is 13.8 Å². The van der Waals surface area contributed by atoms with E-state index in [1.807, 2.05) is 90.5 Å². The third kappa shape index (κ3) is 3.58. The number of carbonyl (C=O) groups excluding carboxylic acids is 1. The molecule has 6 heteroatoms. The smallest absolute Gasteiger partial charge is 0.211 e. The molecule has 5 nitrogen and oxygen atoms in total. The number of nitrogens with two attached hydrogens (primary N) is 1. The minimum Gasteiger partial charge on any atom is -0.497 e. The monoisotopic (exact) mass is 453 g/mol. The lowest BCUT2D eigenvalue weighted by atomic mass is 10.0. The molecule has 0 amide bonds. The summed E-state index contributed by atoms with van der Waals surface area (Å²) in [6, 6.07) is 19.4. The van der Waals surface area contributed by atoms with Crippen LogP contribution < -0.4 is 10.5 Å². The zero-order valence-electron chi connectivity index (χ0n) is 18.6. The second-order valence-electron chi connectivity index (χ2n) is 7.99.